The van der Waals surface area contributed by atoms with E-state index in [-0.39, 0.29) is 11.5 Å². The molecule has 0 atom stereocenters. The van der Waals surface area contributed by atoms with E-state index in [1.54, 1.807) is 24.3 Å². The summed E-state index contributed by atoms with van der Waals surface area (Å²) >= 11 is 5.99. The van der Waals surface area contributed by atoms with E-state index in [4.69, 9.17) is 11.6 Å². The number of rotatable bonds is 2. The molecule has 0 aliphatic heterocycles. The number of nitriles is 1. The number of nitrogens with one attached hydrogen (secondary N) is 1. The van der Waals surface area contributed by atoms with Crippen molar-refractivity contribution in [3.05, 3.63) is 40.4 Å². The highest BCUT2D eigenvalue weighted by Gasteiger charge is 2.18. The molecule has 0 aromatic heterocycles. The van der Waals surface area contributed by atoms with E-state index in [1.165, 1.54) is 6.42 Å². The summed E-state index contributed by atoms with van der Waals surface area (Å²) in [4.78, 5) is 12.1. The molecule has 19 heavy (non-hydrogen) atoms. The molecule has 1 saturated carbocycles. The van der Waals surface area contributed by atoms with Crippen LogP contribution in [0, 0.1) is 11.3 Å². The Hall–Kier alpha value is -1.79. The Morgan fingerprint density at radius 3 is 2.53 bits per heavy atom. The van der Waals surface area contributed by atoms with E-state index < -0.39 is 0 Å². The number of allylic oxidation sites excluding steroid dienone is 1. The second-order valence-electron chi connectivity index (χ2n) is 4.58. The first kappa shape index (κ1) is 13.6. The molecule has 0 unspecified atom stereocenters. The SMILES string of the molecule is N#CC(C(=O)Nc1ccccc1Cl)=C1CCCCC1. The summed E-state index contributed by atoms with van der Waals surface area (Å²) in [5, 5.41) is 12.4. The van der Waals surface area contributed by atoms with Crippen LogP contribution >= 0.6 is 11.6 Å². The minimum absolute atomic E-state index is 0.250. The quantitative estimate of drug-likeness (QED) is 0.653. The Balaban J connectivity index is 2.19. The van der Waals surface area contributed by atoms with Crippen molar-refractivity contribution in [1.29, 1.82) is 5.26 Å². The standard InChI is InChI=1S/C15H15ClN2O/c16-13-8-4-5-9-14(13)18-15(19)12(10-17)11-6-2-1-3-7-11/h4-5,8-9H,1-3,6-7H2,(H,18,19). The summed E-state index contributed by atoms with van der Waals surface area (Å²) < 4.78 is 0. The Morgan fingerprint density at radius 1 is 1.21 bits per heavy atom. The van der Waals surface area contributed by atoms with Gasteiger partial charge in [-0.05, 0) is 43.4 Å². The van der Waals surface area contributed by atoms with Crippen molar-refractivity contribution < 1.29 is 4.79 Å². The van der Waals surface area contributed by atoms with Crippen LogP contribution in [0.4, 0.5) is 5.69 Å². The molecule has 0 saturated heterocycles. The van der Waals surface area contributed by atoms with Crippen molar-refractivity contribution >= 4 is 23.2 Å². The van der Waals surface area contributed by atoms with Gasteiger partial charge in [0.05, 0.1) is 10.7 Å². The summed E-state index contributed by atoms with van der Waals surface area (Å²) in [6.45, 7) is 0. The van der Waals surface area contributed by atoms with Crippen LogP contribution in [0.15, 0.2) is 35.4 Å². The Morgan fingerprint density at radius 2 is 1.89 bits per heavy atom. The van der Waals surface area contributed by atoms with Crippen LogP contribution in [0.25, 0.3) is 0 Å². The number of amides is 1. The zero-order valence-electron chi connectivity index (χ0n) is 10.6. The second kappa shape index (κ2) is 6.40. The predicted molar refractivity (Wildman–Crippen MR) is 75.8 cm³/mol. The lowest BCUT2D eigenvalue weighted by Crippen LogP contribution is -2.16. The summed E-state index contributed by atoms with van der Waals surface area (Å²) in [6, 6.07) is 9.05. The smallest absolute Gasteiger partial charge is 0.266 e. The largest absolute Gasteiger partial charge is 0.320 e. The number of hydrogen-bond acceptors (Lipinski definition) is 2. The zero-order valence-corrected chi connectivity index (χ0v) is 11.3. The zero-order chi connectivity index (χ0) is 13.7. The molecule has 0 heterocycles. The minimum atomic E-state index is -0.354. The van der Waals surface area contributed by atoms with Crippen molar-refractivity contribution in [2.75, 3.05) is 5.32 Å². The van der Waals surface area contributed by atoms with E-state index in [2.05, 4.69) is 5.32 Å². The monoisotopic (exact) mass is 274 g/mol. The molecule has 1 aliphatic carbocycles. The Bertz CT molecular complexity index is 550. The van der Waals surface area contributed by atoms with Crippen LogP contribution < -0.4 is 5.32 Å². The summed E-state index contributed by atoms with van der Waals surface area (Å²) in [5.41, 5.74) is 1.76. The number of benzene rings is 1. The normalized spacial score (nSPS) is 14.6. The van der Waals surface area contributed by atoms with Crippen LogP contribution in [-0.4, -0.2) is 5.91 Å². The highest BCUT2D eigenvalue weighted by atomic mass is 35.5. The second-order valence-corrected chi connectivity index (χ2v) is 4.99. The lowest BCUT2D eigenvalue weighted by Gasteiger charge is -2.15. The lowest BCUT2D eigenvalue weighted by molar-refractivity contribution is -0.112. The number of carbonyl (C=O) groups excluding carboxylic acids is 1. The number of nitrogens with zero attached hydrogens (tertiary/aromatic N) is 1. The average molecular weight is 275 g/mol. The molecule has 1 aromatic carbocycles. The molecule has 0 spiro atoms. The van der Waals surface area contributed by atoms with Gasteiger partial charge in [-0.2, -0.15) is 5.26 Å². The molecule has 1 aliphatic rings. The molecule has 1 fully saturated rings. The van der Waals surface area contributed by atoms with Gasteiger partial charge in [0.2, 0.25) is 0 Å². The molecular formula is C15H15ClN2O. The van der Waals surface area contributed by atoms with Gasteiger partial charge in [0.25, 0.3) is 5.91 Å². The first-order valence-electron chi connectivity index (χ1n) is 6.40. The highest BCUT2D eigenvalue weighted by Crippen LogP contribution is 2.27. The number of halogens is 1. The first-order chi connectivity index (χ1) is 9.22. The van der Waals surface area contributed by atoms with Crippen LogP contribution in [0.2, 0.25) is 5.02 Å². The third-order valence-corrected chi connectivity index (χ3v) is 3.60. The van der Waals surface area contributed by atoms with Gasteiger partial charge in [-0.25, -0.2) is 0 Å². The van der Waals surface area contributed by atoms with Gasteiger partial charge in [0.15, 0.2) is 0 Å². The Kier molecular flexibility index (Phi) is 4.59. The fraction of sp³-hybridized carbons (Fsp3) is 0.333. The molecule has 1 amide bonds. The number of anilines is 1. The molecule has 1 N–H and O–H groups in total. The van der Waals surface area contributed by atoms with Gasteiger partial charge in [0.1, 0.15) is 11.6 Å². The van der Waals surface area contributed by atoms with Crippen LogP contribution in [0.1, 0.15) is 32.1 Å². The molecule has 98 valence electrons. The molecule has 2 rings (SSSR count). The van der Waals surface area contributed by atoms with Crippen molar-refractivity contribution in [2.24, 2.45) is 0 Å². The van der Waals surface area contributed by atoms with Gasteiger partial charge >= 0.3 is 0 Å². The van der Waals surface area contributed by atoms with E-state index in [1.807, 2.05) is 6.07 Å². The predicted octanol–water partition coefficient (Wildman–Crippen LogP) is 4.06. The van der Waals surface area contributed by atoms with Crippen LogP contribution in [0.3, 0.4) is 0 Å². The lowest BCUT2D eigenvalue weighted by atomic mass is 9.91. The van der Waals surface area contributed by atoms with Gasteiger partial charge in [0, 0.05) is 0 Å². The fourth-order valence-electron chi connectivity index (χ4n) is 2.27. The van der Waals surface area contributed by atoms with Crippen molar-refractivity contribution in [3.8, 4) is 6.07 Å². The number of hydrogen-bond donors (Lipinski definition) is 1. The molecule has 3 nitrogen and oxygen atoms in total. The van der Waals surface area contributed by atoms with Crippen molar-refractivity contribution in [2.45, 2.75) is 32.1 Å². The van der Waals surface area contributed by atoms with E-state index in [9.17, 15) is 10.1 Å². The van der Waals surface area contributed by atoms with Crippen molar-refractivity contribution in [3.63, 3.8) is 0 Å². The molecular weight excluding hydrogens is 260 g/mol. The molecule has 4 heteroatoms. The molecule has 0 radical (unpaired) electrons. The van der Waals surface area contributed by atoms with Gasteiger partial charge in [-0.1, -0.05) is 30.2 Å². The first-order valence-corrected chi connectivity index (χ1v) is 6.78. The van der Waals surface area contributed by atoms with Crippen molar-refractivity contribution in [1.82, 2.24) is 0 Å². The van der Waals surface area contributed by atoms with Gasteiger partial charge in [-0.3, -0.25) is 4.79 Å². The van der Waals surface area contributed by atoms with E-state index >= 15 is 0 Å². The van der Waals surface area contributed by atoms with Crippen LogP contribution in [-0.2, 0) is 4.79 Å². The molecule has 0 bridgehead atoms. The highest BCUT2D eigenvalue weighted by molar-refractivity contribution is 6.34. The van der Waals surface area contributed by atoms with E-state index in [0.717, 1.165) is 31.3 Å². The fourth-order valence-corrected chi connectivity index (χ4v) is 2.45. The third kappa shape index (κ3) is 3.36. The van der Waals surface area contributed by atoms with Gasteiger partial charge < -0.3 is 5.32 Å². The molecule has 1 aromatic rings. The average Bonchev–Trinajstić information content (AvgIpc) is 2.43. The third-order valence-electron chi connectivity index (χ3n) is 3.27. The number of carbonyl (C=O) groups is 1. The van der Waals surface area contributed by atoms with E-state index in [0.29, 0.717) is 10.7 Å². The summed E-state index contributed by atoms with van der Waals surface area (Å²) in [5.74, 6) is -0.354. The maximum Gasteiger partial charge on any atom is 0.266 e. The summed E-state index contributed by atoms with van der Waals surface area (Å²) in [7, 11) is 0. The topological polar surface area (TPSA) is 52.9 Å². The van der Waals surface area contributed by atoms with Gasteiger partial charge in [-0.15, -0.1) is 0 Å². The Labute approximate surface area is 117 Å². The summed E-state index contributed by atoms with van der Waals surface area (Å²) in [6.07, 6.45) is 4.98. The number of para-hydroxylation sites is 1. The minimum Gasteiger partial charge on any atom is -0.320 e. The maximum absolute atomic E-state index is 12.1. The van der Waals surface area contributed by atoms with Crippen LogP contribution in [0.5, 0.6) is 0 Å². The maximum atomic E-state index is 12.1.